The van der Waals surface area contributed by atoms with Crippen LogP contribution in [0.15, 0.2) is 29.3 Å². The maximum Gasteiger partial charge on any atom is 0.195 e. The third-order valence-corrected chi connectivity index (χ3v) is 3.68. The number of rotatable bonds is 8. The lowest BCUT2D eigenvalue weighted by Crippen LogP contribution is -2.31. The highest BCUT2D eigenvalue weighted by atomic mass is 16.5. The Morgan fingerprint density at radius 1 is 1.28 bits per heavy atom. The van der Waals surface area contributed by atoms with E-state index in [1.54, 1.807) is 14.2 Å². The van der Waals surface area contributed by atoms with Crippen molar-refractivity contribution in [2.75, 3.05) is 32.7 Å². The quantitative estimate of drug-likeness (QED) is 0.430. The van der Waals surface area contributed by atoms with Gasteiger partial charge in [0.15, 0.2) is 11.8 Å². The number of aryl methyl sites for hydroxylation is 1. The Morgan fingerprint density at radius 2 is 2.12 bits per heavy atom. The van der Waals surface area contributed by atoms with Gasteiger partial charge in [0.25, 0.3) is 0 Å². The van der Waals surface area contributed by atoms with E-state index in [9.17, 15) is 0 Å². The molecule has 8 heteroatoms. The second-order valence-electron chi connectivity index (χ2n) is 5.50. The van der Waals surface area contributed by atoms with Crippen molar-refractivity contribution >= 4 is 11.6 Å². The number of guanidine groups is 1. The molecule has 0 saturated heterocycles. The summed E-state index contributed by atoms with van der Waals surface area (Å²) >= 11 is 0. The molecule has 25 heavy (non-hydrogen) atoms. The first-order chi connectivity index (χ1) is 12.1. The molecule has 0 fully saturated rings. The predicted octanol–water partition coefficient (Wildman–Crippen LogP) is 1.73. The Balaban J connectivity index is 1.89. The molecule has 0 aliphatic heterocycles. The molecule has 8 nitrogen and oxygen atoms in total. The standard InChI is InChI=1S/C17H26N6O2/c1-13-21-22-16(23(13)3)12-19-17(18-2)20-14-7-5-8-15(11-14)25-10-6-9-24-4/h5,7-8,11H,6,9-10,12H2,1-4H3,(H2,18,19,20). The lowest BCUT2D eigenvalue weighted by molar-refractivity contribution is 0.172. The molecule has 1 heterocycles. The van der Waals surface area contributed by atoms with Crippen LogP contribution in [-0.2, 0) is 18.3 Å². The normalized spacial score (nSPS) is 11.4. The molecule has 0 saturated carbocycles. The molecule has 0 bridgehead atoms. The highest BCUT2D eigenvalue weighted by molar-refractivity contribution is 5.93. The Morgan fingerprint density at radius 3 is 2.80 bits per heavy atom. The molecule has 0 amide bonds. The molecule has 1 aromatic heterocycles. The summed E-state index contributed by atoms with van der Waals surface area (Å²) in [5.41, 5.74) is 0.895. The van der Waals surface area contributed by atoms with Gasteiger partial charge in [0.1, 0.15) is 11.6 Å². The summed E-state index contributed by atoms with van der Waals surface area (Å²) in [6.45, 7) is 3.76. The van der Waals surface area contributed by atoms with Gasteiger partial charge in [0.05, 0.1) is 13.2 Å². The Labute approximate surface area is 148 Å². The van der Waals surface area contributed by atoms with Crippen molar-refractivity contribution in [3.8, 4) is 5.75 Å². The highest BCUT2D eigenvalue weighted by Gasteiger charge is 2.06. The van der Waals surface area contributed by atoms with Crippen LogP contribution in [0.1, 0.15) is 18.1 Å². The van der Waals surface area contributed by atoms with Crippen LogP contribution < -0.4 is 15.4 Å². The van der Waals surface area contributed by atoms with Crippen molar-refractivity contribution in [1.82, 2.24) is 20.1 Å². The van der Waals surface area contributed by atoms with Gasteiger partial charge in [-0.15, -0.1) is 10.2 Å². The number of aromatic nitrogens is 3. The molecule has 2 aromatic rings. The maximum atomic E-state index is 5.71. The fourth-order valence-electron chi connectivity index (χ4n) is 2.14. The van der Waals surface area contributed by atoms with E-state index < -0.39 is 0 Å². The number of anilines is 1. The van der Waals surface area contributed by atoms with E-state index in [4.69, 9.17) is 9.47 Å². The Hall–Kier alpha value is -2.61. The molecule has 2 N–H and O–H groups in total. The third kappa shape index (κ3) is 5.75. The fourth-order valence-corrected chi connectivity index (χ4v) is 2.14. The van der Waals surface area contributed by atoms with Crippen LogP contribution in [0, 0.1) is 6.92 Å². The Bertz CT molecular complexity index is 698. The minimum Gasteiger partial charge on any atom is -0.493 e. The molecular formula is C17H26N6O2. The van der Waals surface area contributed by atoms with Crippen LogP contribution >= 0.6 is 0 Å². The number of nitrogens with zero attached hydrogens (tertiary/aromatic N) is 4. The van der Waals surface area contributed by atoms with Crippen molar-refractivity contribution in [1.29, 1.82) is 0 Å². The lowest BCUT2D eigenvalue weighted by atomic mass is 10.3. The van der Waals surface area contributed by atoms with Gasteiger partial charge in [-0.3, -0.25) is 4.99 Å². The molecule has 136 valence electrons. The van der Waals surface area contributed by atoms with Crippen molar-refractivity contribution in [3.05, 3.63) is 35.9 Å². The number of ether oxygens (including phenoxy) is 2. The molecule has 0 atom stereocenters. The third-order valence-electron chi connectivity index (χ3n) is 3.68. The first-order valence-corrected chi connectivity index (χ1v) is 8.18. The van der Waals surface area contributed by atoms with Gasteiger partial charge in [-0.25, -0.2) is 0 Å². The summed E-state index contributed by atoms with van der Waals surface area (Å²) in [4.78, 5) is 4.23. The maximum absolute atomic E-state index is 5.71. The number of hydrogen-bond donors (Lipinski definition) is 2. The average Bonchev–Trinajstić information content (AvgIpc) is 2.94. The zero-order valence-corrected chi connectivity index (χ0v) is 15.2. The van der Waals surface area contributed by atoms with E-state index in [1.165, 1.54) is 0 Å². The molecule has 1 aromatic carbocycles. The van der Waals surface area contributed by atoms with Crippen LogP contribution in [-0.4, -0.2) is 48.1 Å². The van der Waals surface area contributed by atoms with Gasteiger partial charge < -0.3 is 24.7 Å². The number of hydrogen-bond acceptors (Lipinski definition) is 5. The molecule has 2 rings (SSSR count). The van der Waals surface area contributed by atoms with Gasteiger partial charge in [-0.1, -0.05) is 6.07 Å². The first-order valence-electron chi connectivity index (χ1n) is 8.18. The highest BCUT2D eigenvalue weighted by Crippen LogP contribution is 2.17. The van der Waals surface area contributed by atoms with Crippen LogP contribution in [0.4, 0.5) is 5.69 Å². The molecule has 0 unspecified atom stereocenters. The van der Waals surface area contributed by atoms with Crippen LogP contribution in [0.25, 0.3) is 0 Å². The van der Waals surface area contributed by atoms with E-state index in [0.29, 0.717) is 25.7 Å². The van der Waals surface area contributed by atoms with Gasteiger partial charge in [-0.2, -0.15) is 0 Å². The summed E-state index contributed by atoms with van der Waals surface area (Å²) in [5, 5.41) is 14.6. The minimum atomic E-state index is 0.532. The molecule has 0 aliphatic rings. The van der Waals surface area contributed by atoms with E-state index in [1.807, 2.05) is 42.8 Å². The summed E-state index contributed by atoms with van der Waals surface area (Å²) in [5.74, 6) is 3.17. The number of aliphatic imine (C=N–C) groups is 1. The second-order valence-corrected chi connectivity index (χ2v) is 5.50. The van der Waals surface area contributed by atoms with Crippen LogP contribution in [0.2, 0.25) is 0 Å². The lowest BCUT2D eigenvalue weighted by Gasteiger charge is -2.13. The van der Waals surface area contributed by atoms with Crippen LogP contribution in [0.5, 0.6) is 5.75 Å². The summed E-state index contributed by atoms with van der Waals surface area (Å²) in [6.07, 6.45) is 0.856. The summed E-state index contributed by atoms with van der Waals surface area (Å²) in [6, 6.07) is 7.76. The summed E-state index contributed by atoms with van der Waals surface area (Å²) in [7, 11) is 5.35. The summed E-state index contributed by atoms with van der Waals surface area (Å²) < 4.78 is 12.7. The fraction of sp³-hybridized carbons (Fsp3) is 0.471. The van der Waals surface area contributed by atoms with Crippen molar-refractivity contribution in [3.63, 3.8) is 0 Å². The SMILES string of the molecule is CN=C(NCc1nnc(C)n1C)Nc1cccc(OCCCOC)c1. The molecule has 0 spiro atoms. The second kappa shape index (κ2) is 9.63. The Kier molecular flexibility index (Phi) is 7.21. The van der Waals surface area contributed by atoms with Gasteiger partial charge >= 0.3 is 0 Å². The van der Waals surface area contributed by atoms with E-state index in [2.05, 4.69) is 25.8 Å². The van der Waals surface area contributed by atoms with Crippen LogP contribution in [0.3, 0.4) is 0 Å². The number of benzene rings is 1. The number of methoxy groups -OCH3 is 1. The smallest absolute Gasteiger partial charge is 0.195 e. The average molecular weight is 346 g/mol. The topological polar surface area (TPSA) is 85.6 Å². The number of nitrogens with one attached hydrogen (secondary N) is 2. The van der Waals surface area contributed by atoms with Gasteiger partial charge in [0.2, 0.25) is 0 Å². The van der Waals surface area contributed by atoms with Crippen molar-refractivity contribution in [2.24, 2.45) is 12.0 Å². The largest absolute Gasteiger partial charge is 0.493 e. The van der Waals surface area contributed by atoms with E-state index >= 15 is 0 Å². The van der Waals surface area contributed by atoms with Crippen molar-refractivity contribution < 1.29 is 9.47 Å². The first kappa shape index (κ1) is 18.7. The molecular weight excluding hydrogens is 320 g/mol. The molecule has 0 radical (unpaired) electrons. The van der Waals surface area contributed by atoms with E-state index in [-0.39, 0.29) is 0 Å². The van der Waals surface area contributed by atoms with Gasteiger partial charge in [0, 0.05) is 46.0 Å². The van der Waals surface area contributed by atoms with Crippen molar-refractivity contribution in [2.45, 2.75) is 19.9 Å². The molecule has 0 aliphatic carbocycles. The monoisotopic (exact) mass is 346 g/mol. The predicted molar refractivity (Wildman–Crippen MR) is 98.0 cm³/mol. The zero-order valence-electron chi connectivity index (χ0n) is 15.2. The zero-order chi connectivity index (χ0) is 18.1. The minimum absolute atomic E-state index is 0.532. The van der Waals surface area contributed by atoms with E-state index in [0.717, 1.165) is 29.5 Å². The van der Waals surface area contributed by atoms with Gasteiger partial charge in [-0.05, 0) is 19.1 Å².